The number of methoxy groups -OCH3 is 1. The van der Waals surface area contributed by atoms with Crippen LogP contribution >= 0.6 is 15.9 Å². The molecule has 0 amide bonds. The van der Waals surface area contributed by atoms with Crippen LogP contribution in [0.3, 0.4) is 0 Å². The van der Waals surface area contributed by atoms with Gasteiger partial charge in [0, 0.05) is 23.8 Å². The summed E-state index contributed by atoms with van der Waals surface area (Å²) < 4.78 is 13.6. The molecule has 0 spiro atoms. The number of nitrogens with zero attached hydrogens (tertiary/aromatic N) is 3. The number of rotatable bonds is 3. The van der Waals surface area contributed by atoms with Gasteiger partial charge in [-0.1, -0.05) is 21.1 Å². The van der Waals surface area contributed by atoms with Crippen molar-refractivity contribution in [3.63, 3.8) is 0 Å². The van der Waals surface area contributed by atoms with Crippen molar-refractivity contribution < 1.29 is 9.47 Å². The quantitative estimate of drug-likeness (QED) is 0.872. The lowest BCUT2D eigenvalue weighted by Gasteiger charge is -2.09. The van der Waals surface area contributed by atoms with Gasteiger partial charge in [0.2, 0.25) is 0 Å². The first kappa shape index (κ1) is 12.1. The molecule has 3 rings (SSSR count). The van der Waals surface area contributed by atoms with Crippen LogP contribution in [0.4, 0.5) is 0 Å². The minimum Gasteiger partial charge on any atom is -0.380 e. The highest BCUT2D eigenvalue weighted by Crippen LogP contribution is 2.28. The summed E-state index contributed by atoms with van der Waals surface area (Å²) in [6, 6.07) is 4.36. The summed E-state index contributed by atoms with van der Waals surface area (Å²) in [5.74, 6) is 0. The van der Waals surface area contributed by atoms with Gasteiger partial charge in [0.05, 0.1) is 24.8 Å². The van der Waals surface area contributed by atoms with Gasteiger partial charge in [0.25, 0.3) is 0 Å². The largest absolute Gasteiger partial charge is 0.380 e. The van der Waals surface area contributed by atoms with Gasteiger partial charge in [-0.3, -0.25) is 0 Å². The molecule has 0 radical (unpaired) electrons. The Morgan fingerprint density at radius 3 is 3.17 bits per heavy atom. The number of hydrogen-bond donors (Lipinski definition) is 0. The van der Waals surface area contributed by atoms with E-state index in [1.807, 2.05) is 16.8 Å². The maximum absolute atomic E-state index is 5.41. The van der Waals surface area contributed by atoms with E-state index >= 15 is 0 Å². The van der Waals surface area contributed by atoms with Gasteiger partial charge >= 0.3 is 0 Å². The highest BCUT2D eigenvalue weighted by atomic mass is 79.9. The summed E-state index contributed by atoms with van der Waals surface area (Å²) in [7, 11) is 1.68. The second kappa shape index (κ2) is 4.95. The Hall–Kier alpha value is -0.980. The summed E-state index contributed by atoms with van der Waals surface area (Å²) in [6.45, 7) is 2.04. The lowest BCUT2D eigenvalue weighted by molar-refractivity contribution is 0.185. The van der Waals surface area contributed by atoms with Crippen molar-refractivity contribution in [2.45, 2.75) is 19.1 Å². The molecule has 2 heterocycles. The molecule has 1 unspecified atom stereocenters. The summed E-state index contributed by atoms with van der Waals surface area (Å²) >= 11 is 3.53. The maximum Gasteiger partial charge on any atom is 0.119 e. The monoisotopic (exact) mass is 311 g/mol. The van der Waals surface area contributed by atoms with Crippen molar-refractivity contribution in [1.82, 2.24) is 15.0 Å². The van der Waals surface area contributed by atoms with Crippen LogP contribution in [0.1, 0.15) is 18.0 Å². The molecule has 1 aromatic carbocycles. The molecule has 1 aromatic heterocycles. The molecule has 0 N–H and O–H groups in total. The van der Waals surface area contributed by atoms with Crippen molar-refractivity contribution in [2.75, 3.05) is 20.3 Å². The number of benzene rings is 1. The van der Waals surface area contributed by atoms with E-state index in [0.29, 0.717) is 19.3 Å². The molecule has 2 aromatic rings. The predicted molar refractivity (Wildman–Crippen MR) is 70.4 cm³/mol. The van der Waals surface area contributed by atoms with E-state index in [-0.39, 0.29) is 0 Å². The number of aromatic nitrogens is 3. The van der Waals surface area contributed by atoms with Crippen molar-refractivity contribution >= 4 is 27.0 Å². The number of fused-ring (bicyclic) bond motifs is 1. The Morgan fingerprint density at radius 1 is 1.56 bits per heavy atom. The fraction of sp³-hybridized carbons (Fsp3) is 0.500. The summed E-state index contributed by atoms with van der Waals surface area (Å²) in [4.78, 5) is 0. The number of ether oxygens (including phenoxy) is 2. The molecule has 1 saturated heterocycles. The SMILES string of the molecule is COCc1c(Br)ccc2c1nnn2C1CCOC1. The van der Waals surface area contributed by atoms with Crippen LogP contribution in [0.25, 0.3) is 11.0 Å². The predicted octanol–water partition coefficient (Wildman–Crippen LogP) is 2.30. The van der Waals surface area contributed by atoms with Crippen LogP contribution in [0.15, 0.2) is 16.6 Å². The Morgan fingerprint density at radius 2 is 2.44 bits per heavy atom. The second-order valence-electron chi connectivity index (χ2n) is 4.38. The zero-order valence-electron chi connectivity index (χ0n) is 10.1. The first-order chi connectivity index (χ1) is 8.81. The van der Waals surface area contributed by atoms with Crippen LogP contribution in [0, 0.1) is 0 Å². The maximum atomic E-state index is 5.41. The first-order valence-corrected chi connectivity index (χ1v) is 6.69. The van der Waals surface area contributed by atoms with Crippen molar-refractivity contribution in [1.29, 1.82) is 0 Å². The molecule has 18 heavy (non-hydrogen) atoms. The van der Waals surface area contributed by atoms with E-state index < -0.39 is 0 Å². The number of halogens is 1. The molecule has 6 heteroatoms. The normalized spacial score (nSPS) is 19.8. The minimum absolute atomic E-state index is 0.298. The van der Waals surface area contributed by atoms with Gasteiger partial charge in [0.1, 0.15) is 5.52 Å². The van der Waals surface area contributed by atoms with Crippen LogP contribution in [0.2, 0.25) is 0 Å². The molecule has 0 aliphatic carbocycles. The van der Waals surface area contributed by atoms with E-state index in [1.165, 1.54) is 0 Å². The minimum atomic E-state index is 0.298. The Balaban J connectivity index is 2.11. The third kappa shape index (κ3) is 1.94. The molecule has 1 fully saturated rings. The molecule has 1 aliphatic rings. The van der Waals surface area contributed by atoms with Crippen molar-refractivity contribution in [2.24, 2.45) is 0 Å². The Bertz CT molecular complexity index is 564. The van der Waals surface area contributed by atoms with E-state index in [1.54, 1.807) is 7.11 Å². The zero-order chi connectivity index (χ0) is 12.5. The molecule has 5 nitrogen and oxygen atoms in total. The first-order valence-electron chi connectivity index (χ1n) is 5.90. The second-order valence-corrected chi connectivity index (χ2v) is 5.23. The van der Waals surface area contributed by atoms with E-state index in [2.05, 4.69) is 26.2 Å². The van der Waals surface area contributed by atoms with Crippen LogP contribution in [-0.4, -0.2) is 35.3 Å². The van der Waals surface area contributed by atoms with Crippen LogP contribution in [0.5, 0.6) is 0 Å². The van der Waals surface area contributed by atoms with Crippen molar-refractivity contribution in [3.8, 4) is 0 Å². The van der Waals surface area contributed by atoms with Gasteiger partial charge in [-0.05, 0) is 18.6 Å². The fourth-order valence-corrected chi connectivity index (χ4v) is 2.74. The summed E-state index contributed by atoms with van der Waals surface area (Å²) in [5.41, 5.74) is 2.99. The summed E-state index contributed by atoms with van der Waals surface area (Å²) in [6.07, 6.45) is 0.994. The number of hydrogen-bond acceptors (Lipinski definition) is 4. The fourth-order valence-electron chi connectivity index (χ4n) is 2.30. The molecular formula is C12H14BrN3O2. The van der Waals surface area contributed by atoms with Gasteiger partial charge in [0.15, 0.2) is 0 Å². The van der Waals surface area contributed by atoms with Gasteiger partial charge < -0.3 is 9.47 Å². The lowest BCUT2D eigenvalue weighted by Crippen LogP contribution is -2.10. The Labute approximate surface area is 113 Å². The van der Waals surface area contributed by atoms with Crippen LogP contribution < -0.4 is 0 Å². The molecular weight excluding hydrogens is 298 g/mol. The van der Waals surface area contributed by atoms with E-state index in [9.17, 15) is 0 Å². The lowest BCUT2D eigenvalue weighted by atomic mass is 10.2. The topological polar surface area (TPSA) is 49.2 Å². The van der Waals surface area contributed by atoms with Gasteiger partial charge in [-0.15, -0.1) is 5.10 Å². The summed E-state index contributed by atoms with van der Waals surface area (Å²) in [5, 5.41) is 8.56. The molecule has 1 aliphatic heterocycles. The zero-order valence-corrected chi connectivity index (χ0v) is 11.7. The average molecular weight is 312 g/mol. The van der Waals surface area contributed by atoms with E-state index in [0.717, 1.165) is 34.1 Å². The molecule has 1 atom stereocenters. The highest BCUT2D eigenvalue weighted by Gasteiger charge is 2.22. The molecule has 0 saturated carbocycles. The van der Waals surface area contributed by atoms with E-state index in [4.69, 9.17) is 9.47 Å². The van der Waals surface area contributed by atoms with Gasteiger partial charge in [-0.25, -0.2) is 4.68 Å². The third-order valence-corrected chi connectivity index (χ3v) is 3.98. The Kier molecular flexibility index (Phi) is 3.32. The van der Waals surface area contributed by atoms with Crippen molar-refractivity contribution in [3.05, 3.63) is 22.2 Å². The average Bonchev–Trinajstić information content (AvgIpc) is 3.00. The smallest absolute Gasteiger partial charge is 0.119 e. The third-order valence-electron chi connectivity index (χ3n) is 3.23. The molecule has 0 bridgehead atoms. The molecule has 96 valence electrons. The highest BCUT2D eigenvalue weighted by molar-refractivity contribution is 9.10. The standard InChI is InChI=1S/C12H14BrN3O2/c1-17-7-9-10(13)2-3-11-12(9)14-15-16(11)8-4-5-18-6-8/h2-3,8H,4-7H2,1H3. The van der Waals surface area contributed by atoms with Crippen LogP contribution in [-0.2, 0) is 16.1 Å². The van der Waals surface area contributed by atoms with Gasteiger partial charge in [-0.2, -0.15) is 0 Å².